The summed E-state index contributed by atoms with van der Waals surface area (Å²) in [7, 11) is 2.00. The van der Waals surface area contributed by atoms with Crippen molar-refractivity contribution in [2.45, 2.75) is 13.5 Å². The van der Waals surface area contributed by atoms with Gasteiger partial charge in [0.05, 0.1) is 0 Å². The molecule has 0 N–H and O–H groups in total. The van der Waals surface area contributed by atoms with E-state index in [9.17, 15) is 0 Å². The zero-order valence-electron chi connectivity index (χ0n) is 11.3. The van der Waals surface area contributed by atoms with Crippen LogP contribution < -0.4 is 4.90 Å². The molecule has 6 heteroatoms. The summed E-state index contributed by atoms with van der Waals surface area (Å²) in [5.41, 5.74) is 2.52. The molecule has 0 saturated heterocycles. The molecule has 0 spiro atoms. The van der Waals surface area contributed by atoms with E-state index in [4.69, 9.17) is 11.6 Å². The van der Waals surface area contributed by atoms with Crippen LogP contribution in [0.4, 0.5) is 5.82 Å². The SMILES string of the molecule is Cc1ccccc1CN(C)c1cc(Cl)nc2ncnn12. The van der Waals surface area contributed by atoms with Gasteiger partial charge in [0.15, 0.2) is 0 Å². The molecule has 0 fully saturated rings. The summed E-state index contributed by atoms with van der Waals surface area (Å²) in [6.45, 7) is 2.87. The molecule has 2 aromatic heterocycles. The van der Waals surface area contributed by atoms with Crippen LogP contribution >= 0.6 is 11.6 Å². The minimum absolute atomic E-state index is 0.414. The number of hydrogen-bond acceptors (Lipinski definition) is 4. The Bertz CT molecular complexity index is 752. The van der Waals surface area contributed by atoms with Crippen LogP contribution in [0.5, 0.6) is 0 Å². The van der Waals surface area contributed by atoms with Crippen molar-refractivity contribution >= 4 is 23.2 Å². The number of halogens is 1. The summed E-state index contributed by atoms with van der Waals surface area (Å²) in [5, 5.41) is 4.60. The highest BCUT2D eigenvalue weighted by molar-refractivity contribution is 6.29. The third kappa shape index (κ3) is 2.32. The molecule has 0 aliphatic carbocycles. The maximum absolute atomic E-state index is 6.04. The smallest absolute Gasteiger partial charge is 0.255 e. The maximum Gasteiger partial charge on any atom is 0.255 e. The highest BCUT2D eigenvalue weighted by atomic mass is 35.5. The number of aromatic nitrogens is 4. The molecule has 0 atom stereocenters. The van der Waals surface area contributed by atoms with Crippen LogP contribution in [-0.2, 0) is 6.54 Å². The summed E-state index contributed by atoms with van der Waals surface area (Å²) in [6, 6.07) is 10.1. The second kappa shape index (κ2) is 5.09. The summed E-state index contributed by atoms with van der Waals surface area (Å²) in [4.78, 5) is 10.3. The van der Waals surface area contributed by atoms with E-state index < -0.39 is 0 Å². The second-order valence-corrected chi connectivity index (χ2v) is 5.08. The minimum Gasteiger partial charge on any atom is -0.355 e. The summed E-state index contributed by atoms with van der Waals surface area (Å²) >= 11 is 6.04. The van der Waals surface area contributed by atoms with Crippen molar-refractivity contribution in [2.75, 3.05) is 11.9 Å². The fourth-order valence-electron chi connectivity index (χ4n) is 2.16. The number of nitrogens with zero attached hydrogens (tertiary/aromatic N) is 5. The lowest BCUT2D eigenvalue weighted by atomic mass is 10.1. The Labute approximate surface area is 121 Å². The topological polar surface area (TPSA) is 46.3 Å². The van der Waals surface area contributed by atoms with Gasteiger partial charge in [-0.1, -0.05) is 35.9 Å². The predicted octanol–water partition coefficient (Wildman–Crippen LogP) is 2.72. The van der Waals surface area contributed by atoms with E-state index >= 15 is 0 Å². The van der Waals surface area contributed by atoms with E-state index in [2.05, 4.69) is 39.0 Å². The normalized spacial score (nSPS) is 10.9. The third-order valence-electron chi connectivity index (χ3n) is 3.26. The first-order valence-corrected chi connectivity index (χ1v) is 6.65. The van der Waals surface area contributed by atoms with E-state index in [0.717, 1.165) is 12.4 Å². The maximum atomic E-state index is 6.04. The van der Waals surface area contributed by atoms with Gasteiger partial charge >= 0.3 is 0 Å². The van der Waals surface area contributed by atoms with Crippen LogP contribution in [0.1, 0.15) is 11.1 Å². The molecule has 102 valence electrons. The van der Waals surface area contributed by atoms with Gasteiger partial charge in [0, 0.05) is 19.7 Å². The molecule has 1 aromatic carbocycles. The molecule has 0 aliphatic rings. The Balaban J connectivity index is 1.98. The van der Waals surface area contributed by atoms with Crippen molar-refractivity contribution < 1.29 is 0 Å². The molecule has 2 heterocycles. The van der Waals surface area contributed by atoms with Gasteiger partial charge in [-0.3, -0.25) is 0 Å². The van der Waals surface area contributed by atoms with Crippen molar-refractivity contribution in [3.05, 3.63) is 52.9 Å². The quantitative estimate of drug-likeness (QED) is 0.695. The van der Waals surface area contributed by atoms with Crippen molar-refractivity contribution in [2.24, 2.45) is 0 Å². The number of fused-ring (bicyclic) bond motifs is 1. The molecule has 0 saturated carbocycles. The second-order valence-electron chi connectivity index (χ2n) is 4.69. The molecule has 0 radical (unpaired) electrons. The van der Waals surface area contributed by atoms with Crippen LogP contribution in [-0.4, -0.2) is 26.6 Å². The molecule has 5 nitrogen and oxygen atoms in total. The minimum atomic E-state index is 0.414. The van der Waals surface area contributed by atoms with E-state index in [1.807, 2.05) is 19.2 Å². The van der Waals surface area contributed by atoms with Gasteiger partial charge in [-0.2, -0.15) is 19.6 Å². The molecular formula is C14H14ClN5. The molecule has 0 aliphatic heterocycles. The lowest BCUT2D eigenvalue weighted by molar-refractivity contribution is 0.829. The Morgan fingerprint density at radius 3 is 2.90 bits per heavy atom. The standard InChI is InChI=1S/C14H14ClN5/c1-10-5-3-4-6-11(10)8-19(2)13-7-12(15)18-14-16-9-17-20(13)14/h3-7,9H,8H2,1-2H3. The average molecular weight is 288 g/mol. The third-order valence-corrected chi connectivity index (χ3v) is 3.46. The van der Waals surface area contributed by atoms with Crippen molar-refractivity contribution in [3.63, 3.8) is 0 Å². The molecular weight excluding hydrogens is 274 g/mol. The van der Waals surface area contributed by atoms with Crippen LogP contribution in [0.2, 0.25) is 5.15 Å². The Hall–Kier alpha value is -2.14. The average Bonchev–Trinajstić information content (AvgIpc) is 2.88. The predicted molar refractivity (Wildman–Crippen MR) is 79.1 cm³/mol. The van der Waals surface area contributed by atoms with Gasteiger partial charge in [0.2, 0.25) is 0 Å². The fourth-order valence-corrected chi connectivity index (χ4v) is 2.34. The molecule has 0 amide bonds. The Kier molecular flexibility index (Phi) is 3.28. The highest BCUT2D eigenvalue weighted by Gasteiger charge is 2.11. The van der Waals surface area contributed by atoms with E-state index in [1.54, 1.807) is 10.6 Å². The number of rotatable bonds is 3. The molecule has 0 bridgehead atoms. The molecule has 0 unspecified atom stereocenters. The number of aryl methyl sites for hydroxylation is 1. The Morgan fingerprint density at radius 1 is 1.30 bits per heavy atom. The number of anilines is 1. The van der Waals surface area contributed by atoms with E-state index in [0.29, 0.717) is 10.9 Å². The van der Waals surface area contributed by atoms with Crippen LogP contribution in [0.3, 0.4) is 0 Å². The first-order chi connectivity index (χ1) is 9.65. The lowest BCUT2D eigenvalue weighted by Crippen LogP contribution is -2.20. The van der Waals surface area contributed by atoms with Crippen LogP contribution in [0.15, 0.2) is 36.7 Å². The fraction of sp³-hybridized carbons (Fsp3) is 0.214. The molecule has 20 heavy (non-hydrogen) atoms. The Morgan fingerprint density at radius 2 is 2.10 bits per heavy atom. The first-order valence-electron chi connectivity index (χ1n) is 6.27. The van der Waals surface area contributed by atoms with Crippen LogP contribution in [0, 0.1) is 6.92 Å². The monoisotopic (exact) mass is 287 g/mol. The van der Waals surface area contributed by atoms with Crippen molar-refractivity contribution in [1.29, 1.82) is 0 Å². The summed E-state index contributed by atoms with van der Waals surface area (Å²) < 4.78 is 1.68. The zero-order valence-corrected chi connectivity index (χ0v) is 12.0. The largest absolute Gasteiger partial charge is 0.355 e. The van der Waals surface area contributed by atoms with Crippen molar-refractivity contribution in [1.82, 2.24) is 19.6 Å². The van der Waals surface area contributed by atoms with Gasteiger partial charge < -0.3 is 4.90 Å². The van der Waals surface area contributed by atoms with Gasteiger partial charge in [-0.05, 0) is 18.1 Å². The van der Waals surface area contributed by atoms with Gasteiger partial charge in [-0.15, -0.1) is 0 Å². The van der Waals surface area contributed by atoms with Gasteiger partial charge in [0.1, 0.15) is 17.3 Å². The number of hydrogen-bond donors (Lipinski definition) is 0. The number of benzene rings is 1. The zero-order chi connectivity index (χ0) is 14.1. The summed E-state index contributed by atoms with van der Waals surface area (Å²) in [5.74, 6) is 1.37. The van der Waals surface area contributed by atoms with Gasteiger partial charge in [0.25, 0.3) is 5.78 Å². The highest BCUT2D eigenvalue weighted by Crippen LogP contribution is 2.20. The van der Waals surface area contributed by atoms with Gasteiger partial charge in [-0.25, -0.2) is 0 Å². The van der Waals surface area contributed by atoms with Crippen LogP contribution in [0.25, 0.3) is 5.78 Å². The lowest BCUT2D eigenvalue weighted by Gasteiger charge is -2.20. The molecule has 3 rings (SSSR count). The van der Waals surface area contributed by atoms with E-state index in [-0.39, 0.29) is 0 Å². The summed E-state index contributed by atoms with van der Waals surface area (Å²) in [6.07, 6.45) is 1.48. The van der Waals surface area contributed by atoms with Crippen molar-refractivity contribution in [3.8, 4) is 0 Å². The molecule has 3 aromatic rings. The van der Waals surface area contributed by atoms with E-state index in [1.165, 1.54) is 17.5 Å². The first kappa shape index (κ1) is 12.9.